The number of para-hydroxylation sites is 1. The number of nitrogens with zero attached hydrogens (tertiary/aromatic N) is 1. The van der Waals surface area contributed by atoms with Gasteiger partial charge in [0.2, 0.25) is 5.91 Å². The number of hydrogen-bond acceptors (Lipinski definition) is 3. The van der Waals surface area contributed by atoms with Gasteiger partial charge in [0.05, 0.1) is 0 Å². The zero-order valence-corrected chi connectivity index (χ0v) is 9.84. The summed E-state index contributed by atoms with van der Waals surface area (Å²) in [6.07, 6.45) is 4.21. The van der Waals surface area contributed by atoms with E-state index in [0.717, 1.165) is 16.8 Å². The highest BCUT2D eigenvalue weighted by Crippen LogP contribution is 2.18. The van der Waals surface area contributed by atoms with Gasteiger partial charge in [-0.3, -0.25) is 9.78 Å². The van der Waals surface area contributed by atoms with E-state index in [1.54, 1.807) is 12.4 Å². The highest BCUT2D eigenvalue weighted by atomic mass is 16.3. The molecule has 18 heavy (non-hydrogen) atoms. The average Bonchev–Trinajstić information content (AvgIpc) is 2.42. The van der Waals surface area contributed by atoms with Gasteiger partial charge in [0.25, 0.3) is 0 Å². The van der Waals surface area contributed by atoms with E-state index in [-0.39, 0.29) is 0 Å². The molecule has 0 fully saturated rings. The summed E-state index contributed by atoms with van der Waals surface area (Å²) in [5.74, 6) is -0.409. The fourth-order valence-corrected chi connectivity index (χ4v) is 1.71. The second-order valence-corrected chi connectivity index (χ2v) is 3.90. The van der Waals surface area contributed by atoms with Crippen LogP contribution in [0.5, 0.6) is 0 Å². The molecule has 0 aliphatic heterocycles. The van der Waals surface area contributed by atoms with Crippen LogP contribution in [0, 0.1) is 0 Å². The minimum Gasteiger partial charge on any atom is -0.387 e. The van der Waals surface area contributed by atoms with E-state index < -0.39 is 12.5 Å². The molecule has 1 aromatic carbocycles. The molecule has 0 atom stereocenters. The number of amides is 1. The summed E-state index contributed by atoms with van der Waals surface area (Å²) in [5, 5.41) is 11.4. The fourth-order valence-electron chi connectivity index (χ4n) is 1.71. The number of aliphatic hydroxyl groups excluding tert-OH is 1. The predicted octanol–water partition coefficient (Wildman–Crippen LogP) is 1.60. The maximum Gasteiger partial charge on any atom is 0.250 e. The molecule has 2 aromatic rings. The van der Waals surface area contributed by atoms with Crippen molar-refractivity contribution in [1.82, 2.24) is 4.98 Å². The first-order valence-electron chi connectivity index (χ1n) is 5.67. The number of nitrogens with one attached hydrogen (secondary N) is 1. The summed E-state index contributed by atoms with van der Waals surface area (Å²) in [7, 11) is 0. The van der Waals surface area contributed by atoms with Gasteiger partial charge in [-0.15, -0.1) is 0 Å². The standard InChI is InChI=1S/C14H14N2O2/c17-10-14(18)16-13-6-2-1-5-12(13)8-11-4-3-7-15-9-11/h1-7,9,17H,8,10H2,(H,16,18). The lowest BCUT2D eigenvalue weighted by atomic mass is 10.0. The van der Waals surface area contributed by atoms with Gasteiger partial charge in [-0.2, -0.15) is 0 Å². The highest BCUT2D eigenvalue weighted by molar-refractivity contribution is 5.92. The zero-order chi connectivity index (χ0) is 12.8. The molecule has 0 unspecified atom stereocenters. The van der Waals surface area contributed by atoms with E-state index >= 15 is 0 Å². The number of rotatable bonds is 4. The maximum absolute atomic E-state index is 11.2. The molecular weight excluding hydrogens is 228 g/mol. The summed E-state index contributed by atoms with van der Waals surface area (Å²) < 4.78 is 0. The number of benzene rings is 1. The van der Waals surface area contributed by atoms with Gasteiger partial charge < -0.3 is 10.4 Å². The number of hydrogen-bond donors (Lipinski definition) is 2. The molecule has 2 N–H and O–H groups in total. The monoisotopic (exact) mass is 242 g/mol. The SMILES string of the molecule is O=C(CO)Nc1ccccc1Cc1cccnc1. The number of aliphatic hydroxyl groups is 1. The first-order valence-corrected chi connectivity index (χ1v) is 5.67. The average molecular weight is 242 g/mol. The first-order chi connectivity index (χ1) is 8.79. The lowest BCUT2D eigenvalue weighted by Gasteiger charge is -2.10. The summed E-state index contributed by atoms with van der Waals surface area (Å²) in [6, 6.07) is 11.4. The van der Waals surface area contributed by atoms with Crippen molar-refractivity contribution in [3.63, 3.8) is 0 Å². The molecule has 1 aromatic heterocycles. The minimum absolute atomic E-state index is 0.409. The van der Waals surface area contributed by atoms with E-state index in [4.69, 9.17) is 5.11 Å². The molecule has 0 spiro atoms. The molecule has 0 aliphatic rings. The molecule has 4 nitrogen and oxygen atoms in total. The predicted molar refractivity (Wildman–Crippen MR) is 69.2 cm³/mol. The van der Waals surface area contributed by atoms with Crippen molar-refractivity contribution in [2.24, 2.45) is 0 Å². The normalized spacial score (nSPS) is 10.1. The van der Waals surface area contributed by atoms with E-state index in [1.807, 2.05) is 36.4 Å². The largest absolute Gasteiger partial charge is 0.387 e. The van der Waals surface area contributed by atoms with Gasteiger partial charge in [0, 0.05) is 24.5 Å². The number of anilines is 1. The third-order valence-electron chi connectivity index (χ3n) is 2.55. The fraction of sp³-hybridized carbons (Fsp3) is 0.143. The van der Waals surface area contributed by atoms with Gasteiger partial charge in [-0.1, -0.05) is 24.3 Å². The minimum atomic E-state index is -0.513. The van der Waals surface area contributed by atoms with E-state index in [9.17, 15) is 4.79 Å². The van der Waals surface area contributed by atoms with Crippen LogP contribution in [-0.4, -0.2) is 22.6 Å². The van der Waals surface area contributed by atoms with Gasteiger partial charge in [0.15, 0.2) is 0 Å². The number of aromatic nitrogens is 1. The topological polar surface area (TPSA) is 62.2 Å². The van der Waals surface area contributed by atoms with Gasteiger partial charge in [0.1, 0.15) is 6.61 Å². The Morgan fingerprint density at radius 2 is 2.06 bits per heavy atom. The Hall–Kier alpha value is -2.20. The molecule has 0 bridgehead atoms. The van der Waals surface area contributed by atoms with Crippen molar-refractivity contribution in [1.29, 1.82) is 0 Å². The van der Waals surface area contributed by atoms with Crippen LogP contribution in [0.1, 0.15) is 11.1 Å². The van der Waals surface area contributed by atoms with E-state index in [2.05, 4.69) is 10.3 Å². The summed E-state index contributed by atoms with van der Waals surface area (Å²) in [5.41, 5.74) is 2.79. The highest BCUT2D eigenvalue weighted by Gasteiger charge is 2.06. The van der Waals surface area contributed by atoms with E-state index in [1.165, 1.54) is 0 Å². The first kappa shape index (κ1) is 12.3. The number of pyridine rings is 1. The molecular formula is C14H14N2O2. The lowest BCUT2D eigenvalue weighted by molar-refractivity contribution is -0.118. The van der Waals surface area contributed by atoms with Crippen molar-refractivity contribution in [2.45, 2.75) is 6.42 Å². The zero-order valence-electron chi connectivity index (χ0n) is 9.84. The molecule has 1 heterocycles. The quantitative estimate of drug-likeness (QED) is 0.856. The molecule has 4 heteroatoms. The Bertz CT molecular complexity index is 526. The van der Waals surface area contributed by atoms with Crippen LogP contribution in [0.25, 0.3) is 0 Å². The summed E-state index contributed by atoms with van der Waals surface area (Å²) in [4.78, 5) is 15.3. The molecule has 2 rings (SSSR count). The van der Waals surface area contributed by atoms with Crippen molar-refractivity contribution in [3.05, 3.63) is 59.9 Å². The van der Waals surface area contributed by atoms with Crippen LogP contribution >= 0.6 is 0 Å². The second kappa shape index (κ2) is 5.93. The molecule has 1 amide bonds. The van der Waals surface area contributed by atoms with Crippen molar-refractivity contribution < 1.29 is 9.90 Å². The smallest absolute Gasteiger partial charge is 0.250 e. The van der Waals surface area contributed by atoms with Gasteiger partial charge >= 0.3 is 0 Å². The lowest BCUT2D eigenvalue weighted by Crippen LogP contribution is -2.16. The van der Waals surface area contributed by atoms with E-state index in [0.29, 0.717) is 6.42 Å². The third-order valence-corrected chi connectivity index (χ3v) is 2.55. The molecule has 0 saturated heterocycles. The van der Waals surface area contributed by atoms with Crippen molar-refractivity contribution in [3.8, 4) is 0 Å². The van der Waals surface area contributed by atoms with Crippen LogP contribution in [0.2, 0.25) is 0 Å². The van der Waals surface area contributed by atoms with Gasteiger partial charge in [-0.05, 0) is 23.3 Å². The number of carbonyl (C=O) groups excluding carboxylic acids is 1. The Balaban J connectivity index is 2.20. The van der Waals surface area contributed by atoms with Gasteiger partial charge in [-0.25, -0.2) is 0 Å². The molecule has 0 aliphatic carbocycles. The summed E-state index contributed by atoms with van der Waals surface area (Å²) in [6.45, 7) is -0.513. The molecule has 0 saturated carbocycles. The maximum atomic E-state index is 11.2. The van der Waals surface area contributed by atoms with Crippen LogP contribution in [0.4, 0.5) is 5.69 Å². The van der Waals surface area contributed by atoms with Crippen LogP contribution in [-0.2, 0) is 11.2 Å². The van der Waals surface area contributed by atoms with Crippen molar-refractivity contribution >= 4 is 11.6 Å². The molecule has 0 radical (unpaired) electrons. The molecule has 92 valence electrons. The Morgan fingerprint density at radius 3 is 2.78 bits per heavy atom. The van der Waals surface area contributed by atoms with Crippen LogP contribution in [0.3, 0.4) is 0 Å². The van der Waals surface area contributed by atoms with Crippen molar-refractivity contribution in [2.75, 3.05) is 11.9 Å². The summed E-state index contributed by atoms with van der Waals surface area (Å²) >= 11 is 0. The Morgan fingerprint density at radius 1 is 1.22 bits per heavy atom. The van der Waals surface area contributed by atoms with Crippen LogP contribution < -0.4 is 5.32 Å². The third kappa shape index (κ3) is 3.15. The number of carbonyl (C=O) groups is 1. The van der Waals surface area contributed by atoms with Crippen LogP contribution in [0.15, 0.2) is 48.8 Å². The second-order valence-electron chi connectivity index (χ2n) is 3.90. The Labute approximate surface area is 105 Å². The Kier molecular flexibility index (Phi) is 4.04.